The molecule has 0 unspecified atom stereocenters. The predicted molar refractivity (Wildman–Crippen MR) is 206 cm³/mol. The summed E-state index contributed by atoms with van der Waals surface area (Å²) in [6.07, 6.45) is 0. The van der Waals surface area contributed by atoms with E-state index in [2.05, 4.69) is 182 Å². The molecule has 1 spiro atoms. The zero-order valence-electron chi connectivity index (χ0n) is 26.8. The van der Waals surface area contributed by atoms with Gasteiger partial charge in [-0.1, -0.05) is 158 Å². The molecule has 0 aliphatic heterocycles. The van der Waals surface area contributed by atoms with Crippen LogP contribution in [0.5, 0.6) is 0 Å². The maximum absolute atomic E-state index is 2.53. The van der Waals surface area contributed by atoms with E-state index >= 15 is 0 Å². The third-order valence-electron chi connectivity index (χ3n) is 11.2. The molecule has 2 aliphatic carbocycles. The molecule has 0 aromatic heterocycles. The second-order valence-corrected chi connectivity index (χ2v) is 13.6. The van der Waals surface area contributed by atoms with Crippen LogP contribution in [-0.2, 0) is 5.41 Å². The van der Waals surface area contributed by atoms with E-state index in [-0.39, 0.29) is 5.41 Å². The molecule has 0 heteroatoms. The lowest BCUT2D eigenvalue weighted by Crippen LogP contribution is -2.25. The smallest absolute Gasteiger partial charge is 0.0619 e. The summed E-state index contributed by atoms with van der Waals surface area (Å²) in [7, 11) is 0. The summed E-state index contributed by atoms with van der Waals surface area (Å²) in [6, 6.07) is 68.1. The molecule has 9 aromatic rings. The Bertz CT molecular complexity index is 2790. The minimum Gasteiger partial charge on any atom is -0.0619 e. The second-order valence-electron chi connectivity index (χ2n) is 13.6. The standard InChI is InChI=1S/C49H30/c1-2-12-32-27-33(22-21-31(32)11-1)34-23-24-36-29-37(26-25-35(36)28-34)43-30-47-48(41-16-4-3-13-38(41)43)42-17-7-10-20-46(42)49(47)44-18-8-5-14-39(44)40-15-6-9-19-45(40)49/h1-30H. The van der Waals surface area contributed by atoms with E-state index in [9.17, 15) is 0 Å². The lowest BCUT2D eigenvalue weighted by atomic mass is 9.70. The summed E-state index contributed by atoms with van der Waals surface area (Å²) >= 11 is 0. The number of benzene rings is 9. The molecule has 0 amide bonds. The van der Waals surface area contributed by atoms with Crippen molar-refractivity contribution < 1.29 is 0 Å². The summed E-state index contributed by atoms with van der Waals surface area (Å²) in [6.45, 7) is 0. The molecular formula is C49H30. The maximum Gasteiger partial charge on any atom is 0.0725 e. The Morgan fingerprint density at radius 2 is 0.714 bits per heavy atom. The van der Waals surface area contributed by atoms with Crippen LogP contribution in [-0.4, -0.2) is 0 Å². The van der Waals surface area contributed by atoms with Crippen molar-refractivity contribution in [1.82, 2.24) is 0 Å². The fraction of sp³-hybridized carbons (Fsp3) is 0.0204. The van der Waals surface area contributed by atoms with Crippen LogP contribution < -0.4 is 0 Å². The van der Waals surface area contributed by atoms with E-state index in [1.54, 1.807) is 0 Å². The third-order valence-corrected chi connectivity index (χ3v) is 11.2. The minimum atomic E-state index is -0.372. The van der Waals surface area contributed by atoms with Gasteiger partial charge in [-0.05, 0) is 123 Å². The largest absolute Gasteiger partial charge is 0.0725 e. The van der Waals surface area contributed by atoms with Crippen molar-refractivity contribution in [3.8, 4) is 44.5 Å². The highest BCUT2D eigenvalue weighted by Gasteiger charge is 2.52. The van der Waals surface area contributed by atoms with Crippen molar-refractivity contribution in [3.63, 3.8) is 0 Å². The molecule has 0 saturated carbocycles. The van der Waals surface area contributed by atoms with Crippen LogP contribution in [0.15, 0.2) is 182 Å². The van der Waals surface area contributed by atoms with Crippen LogP contribution in [0.3, 0.4) is 0 Å². The van der Waals surface area contributed by atoms with Crippen LogP contribution in [0.2, 0.25) is 0 Å². The van der Waals surface area contributed by atoms with Crippen molar-refractivity contribution in [3.05, 3.63) is 204 Å². The average Bonchev–Trinajstić information content (AvgIpc) is 3.64. The Labute approximate surface area is 285 Å². The second kappa shape index (κ2) is 9.89. The van der Waals surface area contributed by atoms with Gasteiger partial charge in [0.25, 0.3) is 0 Å². The van der Waals surface area contributed by atoms with Crippen LogP contribution in [0.4, 0.5) is 0 Å². The quantitative estimate of drug-likeness (QED) is 0.181. The van der Waals surface area contributed by atoms with Crippen molar-refractivity contribution >= 4 is 32.3 Å². The van der Waals surface area contributed by atoms with Gasteiger partial charge in [-0.2, -0.15) is 0 Å². The Hall–Kier alpha value is -6.24. The molecule has 0 bridgehead atoms. The first-order valence-corrected chi connectivity index (χ1v) is 17.2. The monoisotopic (exact) mass is 618 g/mol. The fourth-order valence-electron chi connectivity index (χ4n) is 9.15. The zero-order valence-corrected chi connectivity index (χ0v) is 26.8. The molecule has 0 N–H and O–H groups in total. The van der Waals surface area contributed by atoms with Gasteiger partial charge in [0.2, 0.25) is 0 Å². The van der Waals surface area contributed by atoms with Gasteiger partial charge in [0.1, 0.15) is 0 Å². The number of fused-ring (bicyclic) bond motifs is 14. The minimum absolute atomic E-state index is 0.372. The highest BCUT2D eigenvalue weighted by molar-refractivity contribution is 6.11. The molecule has 226 valence electrons. The molecule has 0 fully saturated rings. The third kappa shape index (κ3) is 3.58. The lowest BCUT2D eigenvalue weighted by Gasteiger charge is -2.31. The van der Waals surface area contributed by atoms with E-state index in [1.807, 2.05) is 0 Å². The summed E-state index contributed by atoms with van der Waals surface area (Å²) in [5, 5.41) is 7.65. The number of hydrogen-bond donors (Lipinski definition) is 0. The zero-order chi connectivity index (χ0) is 32.1. The topological polar surface area (TPSA) is 0 Å². The van der Waals surface area contributed by atoms with Crippen molar-refractivity contribution in [1.29, 1.82) is 0 Å². The maximum atomic E-state index is 2.53. The van der Waals surface area contributed by atoms with E-state index in [0.29, 0.717) is 0 Å². The van der Waals surface area contributed by atoms with Crippen LogP contribution in [0.1, 0.15) is 22.3 Å². The number of rotatable bonds is 2. The van der Waals surface area contributed by atoms with E-state index in [0.717, 1.165) is 0 Å². The summed E-state index contributed by atoms with van der Waals surface area (Å²) in [4.78, 5) is 0. The van der Waals surface area contributed by atoms with Crippen molar-refractivity contribution in [2.45, 2.75) is 5.41 Å². The molecular weight excluding hydrogens is 589 g/mol. The molecule has 0 nitrogen and oxygen atoms in total. The van der Waals surface area contributed by atoms with Gasteiger partial charge in [0.05, 0.1) is 5.41 Å². The van der Waals surface area contributed by atoms with E-state index in [1.165, 1.54) is 99.1 Å². The molecule has 9 aromatic carbocycles. The van der Waals surface area contributed by atoms with Crippen LogP contribution in [0.25, 0.3) is 76.8 Å². The first-order valence-electron chi connectivity index (χ1n) is 17.2. The number of hydrogen-bond acceptors (Lipinski definition) is 0. The van der Waals surface area contributed by atoms with Gasteiger partial charge in [-0.25, -0.2) is 0 Å². The molecule has 0 radical (unpaired) electrons. The van der Waals surface area contributed by atoms with Gasteiger partial charge >= 0.3 is 0 Å². The Balaban J connectivity index is 1.15. The highest BCUT2D eigenvalue weighted by Crippen LogP contribution is 2.64. The summed E-state index contributed by atoms with van der Waals surface area (Å²) < 4.78 is 0. The molecule has 49 heavy (non-hydrogen) atoms. The predicted octanol–water partition coefficient (Wildman–Crippen LogP) is 12.8. The van der Waals surface area contributed by atoms with Crippen LogP contribution >= 0.6 is 0 Å². The van der Waals surface area contributed by atoms with Gasteiger partial charge in [-0.3, -0.25) is 0 Å². The SMILES string of the molecule is c1ccc2c(c1)-c1ccccc1C21c2ccccc2-c2c1cc(-c1ccc3cc(-c4ccc5ccccc5c4)ccc3c1)c1ccccc21. The molecule has 0 heterocycles. The normalized spacial score (nSPS) is 13.5. The molecule has 11 rings (SSSR count). The van der Waals surface area contributed by atoms with Crippen molar-refractivity contribution in [2.24, 2.45) is 0 Å². The van der Waals surface area contributed by atoms with E-state index < -0.39 is 0 Å². The highest BCUT2D eigenvalue weighted by atomic mass is 14.5. The summed E-state index contributed by atoms with van der Waals surface area (Å²) in [5.41, 5.74) is 15.5. The first kappa shape index (κ1) is 26.8. The fourth-order valence-corrected chi connectivity index (χ4v) is 9.15. The van der Waals surface area contributed by atoms with Gasteiger partial charge in [0.15, 0.2) is 0 Å². The Morgan fingerprint density at radius 3 is 1.39 bits per heavy atom. The lowest BCUT2D eigenvalue weighted by molar-refractivity contribution is 0.794. The van der Waals surface area contributed by atoms with Crippen LogP contribution in [0, 0.1) is 0 Å². The Morgan fingerprint density at radius 1 is 0.265 bits per heavy atom. The van der Waals surface area contributed by atoms with E-state index in [4.69, 9.17) is 0 Å². The average molecular weight is 619 g/mol. The molecule has 0 atom stereocenters. The van der Waals surface area contributed by atoms with Gasteiger partial charge < -0.3 is 0 Å². The van der Waals surface area contributed by atoms with Gasteiger partial charge in [-0.15, -0.1) is 0 Å². The van der Waals surface area contributed by atoms with Crippen molar-refractivity contribution in [2.75, 3.05) is 0 Å². The molecule has 0 saturated heterocycles. The first-order chi connectivity index (χ1) is 24.3. The molecule has 2 aliphatic rings. The summed E-state index contributed by atoms with van der Waals surface area (Å²) in [5.74, 6) is 0. The Kier molecular flexibility index (Phi) is 5.41. The van der Waals surface area contributed by atoms with Gasteiger partial charge in [0, 0.05) is 0 Å².